The molecular formula is C26H25N3O5. The molecule has 1 fully saturated rings. The molecule has 1 saturated heterocycles. The lowest BCUT2D eigenvalue weighted by Gasteiger charge is -2.25. The second-order valence-corrected chi connectivity index (χ2v) is 8.70. The molecule has 5 rings (SSSR count). The van der Waals surface area contributed by atoms with Gasteiger partial charge in [-0.3, -0.25) is 9.59 Å². The molecule has 2 aliphatic rings. The number of phenolic OH excluding ortho intramolecular Hbond substituents is 1. The number of aromatic hydroxyl groups is 1. The summed E-state index contributed by atoms with van der Waals surface area (Å²) in [6, 6.07) is 10.9. The van der Waals surface area contributed by atoms with Crippen LogP contribution in [0.3, 0.4) is 0 Å². The van der Waals surface area contributed by atoms with Crippen molar-refractivity contribution in [3.63, 3.8) is 0 Å². The smallest absolute Gasteiger partial charge is 0.295 e. The molecule has 174 valence electrons. The number of fused-ring (bicyclic) bond motifs is 1. The highest BCUT2D eigenvalue weighted by Gasteiger charge is 2.46. The normalized spacial score (nSPS) is 21.0. The van der Waals surface area contributed by atoms with E-state index in [-0.39, 0.29) is 23.2 Å². The lowest BCUT2D eigenvalue weighted by molar-refractivity contribution is -0.139. The van der Waals surface area contributed by atoms with E-state index in [0.29, 0.717) is 37.1 Å². The van der Waals surface area contributed by atoms with Crippen molar-refractivity contribution in [2.24, 2.45) is 0 Å². The van der Waals surface area contributed by atoms with Crippen molar-refractivity contribution in [1.29, 1.82) is 0 Å². The molecule has 0 spiro atoms. The van der Waals surface area contributed by atoms with Crippen LogP contribution >= 0.6 is 0 Å². The molecule has 2 atom stereocenters. The van der Waals surface area contributed by atoms with Crippen molar-refractivity contribution in [3.05, 3.63) is 83.4 Å². The maximum absolute atomic E-state index is 13.2. The van der Waals surface area contributed by atoms with Gasteiger partial charge in [-0.2, -0.15) is 0 Å². The van der Waals surface area contributed by atoms with Gasteiger partial charge in [0.2, 0.25) is 0 Å². The molecule has 3 aromatic rings. The maximum Gasteiger partial charge on any atom is 0.295 e. The van der Waals surface area contributed by atoms with Gasteiger partial charge in [0.25, 0.3) is 11.7 Å². The molecule has 1 amide bonds. The highest BCUT2D eigenvalue weighted by molar-refractivity contribution is 6.46. The molecule has 1 aromatic heterocycles. The van der Waals surface area contributed by atoms with Crippen molar-refractivity contribution in [2.45, 2.75) is 38.5 Å². The fourth-order valence-corrected chi connectivity index (χ4v) is 4.72. The van der Waals surface area contributed by atoms with Crippen LogP contribution in [-0.4, -0.2) is 49.0 Å². The summed E-state index contributed by atoms with van der Waals surface area (Å²) in [5, 5.41) is 21.3. The Morgan fingerprint density at radius 2 is 2.03 bits per heavy atom. The molecule has 0 bridgehead atoms. The molecular weight excluding hydrogens is 434 g/mol. The number of phenols is 1. The Balaban J connectivity index is 1.53. The van der Waals surface area contributed by atoms with Crippen LogP contribution in [0.25, 0.3) is 5.76 Å². The number of aromatic nitrogens is 2. The average Bonchev–Trinajstić information content (AvgIpc) is 3.52. The van der Waals surface area contributed by atoms with Crippen molar-refractivity contribution in [3.8, 4) is 11.5 Å². The SMILES string of the molecule is C[C@@H]1Cc2cc(/C(O)=C3\C(=O)C(=O)N(CCCn4ccnc4)[C@@H]3c3cccc(O)c3)ccc2O1. The van der Waals surface area contributed by atoms with Gasteiger partial charge >= 0.3 is 0 Å². The predicted molar refractivity (Wildman–Crippen MR) is 124 cm³/mol. The van der Waals surface area contributed by atoms with Gasteiger partial charge in [-0.25, -0.2) is 4.98 Å². The number of aryl methyl sites for hydroxylation is 1. The Morgan fingerprint density at radius 1 is 1.18 bits per heavy atom. The van der Waals surface area contributed by atoms with Crippen LogP contribution in [0, 0.1) is 0 Å². The molecule has 2 aromatic carbocycles. The zero-order valence-corrected chi connectivity index (χ0v) is 18.7. The zero-order valence-electron chi connectivity index (χ0n) is 18.7. The molecule has 0 radical (unpaired) electrons. The zero-order chi connectivity index (χ0) is 23.8. The number of hydrogen-bond donors (Lipinski definition) is 2. The molecule has 8 heteroatoms. The summed E-state index contributed by atoms with van der Waals surface area (Å²) >= 11 is 0. The van der Waals surface area contributed by atoms with Gasteiger partial charge < -0.3 is 24.4 Å². The van der Waals surface area contributed by atoms with E-state index in [4.69, 9.17) is 4.74 Å². The third-order valence-corrected chi connectivity index (χ3v) is 6.27. The van der Waals surface area contributed by atoms with E-state index in [2.05, 4.69) is 4.98 Å². The van der Waals surface area contributed by atoms with Crippen LogP contribution in [0.2, 0.25) is 0 Å². The second kappa shape index (κ2) is 8.70. The number of imidazole rings is 1. The van der Waals surface area contributed by atoms with E-state index in [1.54, 1.807) is 42.9 Å². The van der Waals surface area contributed by atoms with Crippen molar-refractivity contribution < 1.29 is 24.5 Å². The first-order valence-corrected chi connectivity index (χ1v) is 11.3. The third-order valence-electron chi connectivity index (χ3n) is 6.27. The Labute approximate surface area is 196 Å². The lowest BCUT2D eigenvalue weighted by Crippen LogP contribution is -2.31. The molecule has 2 N–H and O–H groups in total. The molecule has 34 heavy (non-hydrogen) atoms. The Bertz CT molecular complexity index is 1280. The van der Waals surface area contributed by atoms with Gasteiger partial charge in [0.05, 0.1) is 17.9 Å². The second-order valence-electron chi connectivity index (χ2n) is 8.70. The Hall–Kier alpha value is -4.07. The monoisotopic (exact) mass is 459 g/mol. The molecule has 0 saturated carbocycles. The van der Waals surface area contributed by atoms with Crippen molar-refractivity contribution in [2.75, 3.05) is 6.54 Å². The van der Waals surface area contributed by atoms with Gasteiger partial charge in [-0.15, -0.1) is 0 Å². The number of hydrogen-bond acceptors (Lipinski definition) is 6. The van der Waals surface area contributed by atoms with Crippen LogP contribution in [0.15, 0.2) is 66.8 Å². The summed E-state index contributed by atoms with van der Waals surface area (Å²) in [5.74, 6) is -0.859. The number of ether oxygens (including phenoxy) is 1. The number of Topliss-reactive ketones (excluding diaryl/α,β-unsaturated/α-hetero) is 1. The fourth-order valence-electron chi connectivity index (χ4n) is 4.72. The topological polar surface area (TPSA) is 105 Å². The van der Waals surface area contributed by atoms with Crippen molar-refractivity contribution in [1.82, 2.24) is 14.5 Å². The molecule has 0 aliphatic carbocycles. The Kier molecular flexibility index (Phi) is 5.57. The number of rotatable bonds is 6. The minimum atomic E-state index is -0.807. The van der Waals surface area contributed by atoms with Crippen LogP contribution in [0.1, 0.15) is 36.1 Å². The van der Waals surface area contributed by atoms with Crippen molar-refractivity contribution >= 4 is 17.4 Å². The number of ketones is 1. The first-order valence-electron chi connectivity index (χ1n) is 11.3. The van der Waals surface area contributed by atoms with Gasteiger partial charge in [0.1, 0.15) is 23.4 Å². The number of amides is 1. The number of benzene rings is 2. The summed E-state index contributed by atoms with van der Waals surface area (Å²) in [7, 11) is 0. The largest absolute Gasteiger partial charge is 0.508 e. The number of carbonyl (C=O) groups excluding carboxylic acids is 2. The van der Waals surface area contributed by atoms with E-state index in [1.165, 1.54) is 17.0 Å². The summed E-state index contributed by atoms with van der Waals surface area (Å²) in [6.07, 6.45) is 6.54. The average molecular weight is 460 g/mol. The first-order chi connectivity index (χ1) is 16.4. The van der Waals surface area contributed by atoms with Gasteiger partial charge in [0.15, 0.2) is 0 Å². The standard InChI is InChI=1S/C26H25N3O5/c1-16-12-19-13-18(6-7-21(19)34-16)24(31)22-23(17-4-2-5-20(30)14-17)29(26(33)25(22)32)10-3-9-28-11-8-27-15-28/h2,4-8,11,13-16,23,30-31H,3,9-10,12H2,1H3/b24-22+/t16-,23-/m1/s1. The fraction of sp³-hybridized carbons (Fsp3) is 0.269. The van der Waals surface area contributed by atoms with Crippen LogP contribution < -0.4 is 4.74 Å². The molecule has 2 aliphatic heterocycles. The van der Waals surface area contributed by atoms with Crippen LogP contribution in [0.5, 0.6) is 11.5 Å². The van der Waals surface area contributed by atoms with Crippen LogP contribution in [0.4, 0.5) is 0 Å². The number of nitrogens with zero attached hydrogens (tertiary/aromatic N) is 3. The summed E-state index contributed by atoms with van der Waals surface area (Å²) in [6.45, 7) is 2.89. The van der Waals surface area contributed by atoms with Crippen LogP contribution in [-0.2, 0) is 22.6 Å². The highest BCUT2D eigenvalue weighted by Crippen LogP contribution is 2.41. The Morgan fingerprint density at radius 3 is 2.79 bits per heavy atom. The minimum Gasteiger partial charge on any atom is -0.508 e. The molecule has 0 unspecified atom stereocenters. The summed E-state index contributed by atoms with van der Waals surface area (Å²) in [5.41, 5.74) is 1.98. The van der Waals surface area contributed by atoms with E-state index in [0.717, 1.165) is 11.3 Å². The third kappa shape index (κ3) is 3.91. The maximum atomic E-state index is 13.2. The number of aliphatic hydroxyl groups excluding tert-OH is 1. The number of carbonyl (C=O) groups is 2. The molecule has 3 heterocycles. The van der Waals surface area contributed by atoms with Gasteiger partial charge in [-0.1, -0.05) is 12.1 Å². The van der Waals surface area contributed by atoms with E-state index in [1.807, 2.05) is 17.7 Å². The van der Waals surface area contributed by atoms with Gasteiger partial charge in [0, 0.05) is 37.5 Å². The number of aliphatic hydroxyl groups is 1. The first kappa shape index (κ1) is 21.8. The number of likely N-dealkylation sites (tertiary alicyclic amines) is 1. The predicted octanol–water partition coefficient (Wildman–Crippen LogP) is 3.42. The van der Waals surface area contributed by atoms with E-state index < -0.39 is 17.7 Å². The minimum absolute atomic E-state index is 0.0187. The molecule has 8 nitrogen and oxygen atoms in total. The van der Waals surface area contributed by atoms with E-state index >= 15 is 0 Å². The quantitative estimate of drug-likeness (QED) is 0.333. The summed E-state index contributed by atoms with van der Waals surface area (Å²) in [4.78, 5) is 31.7. The summed E-state index contributed by atoms with van der Waals surface area (Å²) < 4.78 is 7.64. The highest BCUT2D eigenvalue weighted by atomic mass is 16.5. The van der Waals surface area contributed by atoms with Gasteiger partial charge in [-0.05, 0) is 54.8 Å². The lowest BCUT2D eigenvalue weighted by atomic mass is 9.94. The van der Waals surface area contributed by atoms with E-state index in [9.17, 15) is 19.8 Å².